The number of halogens is 1. The van der Waals surface area contributed by atoms with Crippen molar-refractivity contribution in [2.24, 2.45) is 7.05 Å². The van der Waals surface area contributed by atoms with E-state index in [1.807, 2.05) is 30.3 Å². The molecule has 2 aromatic carbocycles. The minimum absolute atomic E-state index is 0.219. The zero-order valence-corrected chi connectivity index (χ0v) is 16.3. The van der Waals surface area contributed by atoms with Crippen LogP contribution in [0.25, 0.3) is 11.3 Å². The molecule has 0 N–H and O–H groups in total. The molecule has 0 radical (unpaired) electrons. The maximum absolute atomic E-state index is 13.3. The van der Waals surface area contributed by atoms with E-state index in [1.165, 1.54) is 21.1 Å². The fourth-order valence-corrected chi connectivity index (χ4v) is 5.04. The molecule has 1 aliphatic rings. The molecule has 0 unspecified atom stereocenters. The van der Waals surface area contributed by atoms with Gasteiger partial charge in [-0.05, 0) is 24.3 Å². The lowest BCUT2D eigenvalue weighted by Gasteiger charge is -2.35. The molecule has 0 bridgehead atoms. The third kappa shape index (κ3) is 3.53. The molecule has 28 heavy (non-hydrogen) atoms. The fraction of sp³-hybridized carbons (Fsp3) is 0.250. The van der Waals surface area contributed by atoms with Crippen molar-refractivity contribution in [3.8, 4) is 11.3 Å². The summed E-state index contributed by atoms with van der Waals surface area (Å²) in [4.78, 5) is 2.28. The Kier molecular flexibility index (Phi) is 4.91. The van der Waals surface area contributed by atoms with Gasteiger partial charge in [0.25, 0.3) is 0 Å². The molecule has 2 heterocycles. The fourth-order valence-electron chi connectivity index (χ4n) is 3.43. The number of sulfonamides is 1. The standard InChI is InChI=1S/C20H21FN4O2S/c1-23-15-19(20(22-23)16-5-3-2-4-6-16)28(26,27)25-13-11-24(12-14-25)18-9-7-17(21)8-10-18/h2-10,15H,11-14H2,1H3. The van der Waals surface area contributed by atoms with Crippen molar-refractivity contribution in [3.05, 3.63) is 66.6 Å². The number of aryl methyl sites for hydroxylation is 1. The smallest absolute Gasteiger partial charge is 0.246 e. The monoisotopic (exact) mass is 400 g/mol. The number of rotatable bonds is 4. The first-order valence-corrected chi connectivity index (χ1v) is 10.5. The van der Waals surface area contributed by atoms with Gasteiger partial charge in [0.1, 0.15) is 16.4 Å². The Labute approximate surface area is 163 Å². The van der Waals surface area contributed by atoms with Crippen LogP contribution in [-0.2, 0) is 17.1 Å². The van der Waals surface area contributed by atoms with Crippen molar-refractivity contribution >= 4 is 15.7 Å². The molecular formula is C20H21FN4O2S. The predicted octanol–water partition coefficient (Wildman–Crippen LogP) is 2.74. The summed E-state index contributed by atoms with van der Waals surface area (Å²) in [7, 11) is -1.95. The Morgan fingerprint density at radius 2 is 1.57 bits per heavy atom. The molecule has 146 valence electrons. The number of nitrogens with zero attached hydrogens (tertiary/aromatic N) is 4. The van der Waals surface area contributed by atoms with Crippen LogP contribution < -0.4 is 4.90 Å². The van der Waals surface area contributed by atoms with Gasteiger partial charge in [0.15, 0.2) is 0 Å². The highest BCUT2D eigenvalue weighted by Gasteiger charge is 2.32. The highest BCUT2D eigenvalue weighted by molar-refractivity contribution is 7.89. The molecule has 4 rings (SSSR count). The maximum atomic E-state index is 13.3. The summed E-state index contributed by atoms with van der Waals surface area (Å²) in [6.45, 7) is 1.82. The molecule has 8 heteroatoms. The second-order valence-corrected chi connectivity index (χ2v) is 8.66. The molecular weight excluding hydrogens is 379 g/mol. The topological polar surface area (TPSA) is 58.4 Å². The first kappa shape index (κ1) is 18.6. The summed E-state index contributed by atoms with van der Waals surface area (Å²) in [6, 6.07) is 15.6. The largest absolute Gasteiger partial charge is 0.369 e. The quantitative estimate of drug-likeness (QED) is 0.676. The van der Waals surface area contributed by atoms with Crippen LogP contribution in [0.2, 0.25) is 0 Å². The first-order valence-electron chi connectivity index (χ1n) is 9.05. The van der Waals surface area contributed by atoms with E-state index in [4.69, 9.17) is 0 Å². The summed E-state index contributed by atoms with van der Waals surface area (Å²) >= 11 is 0. The van der Waals surface area contributed by atoms with E-state index in [0.29, 0.717) is 31.9 Å². The van der Waals surface area contributed by atoms with Crippen molar-refractivity contribution in [3.63, 3.8) is 0 Å². The zero-order chi connectivity index (χ0) is 19.7. The highest BCUT2D eigenvalue weighted by Crippen LogP contribution is 2.29. The molecule has 1 fully saturated rings. The Balaban J connectivity index is 1.57. The number of hydrogen-bond donors (Lipinski definition) is 0. The Morgan fingerprint density at radius 3 is 2.21 bits per heavy atom. The molecule has 0 spiro atoms. The van der Waals surface area contributed by atoms with Gasteiger partial charge < -0.3 is 4.90 Å². The van der Waals surface area contributed by atoms with Gasteiger partial charge in [-0.25, -0.2) is 12.8 Å². The third-order valence-corrected chi connectivity index (χ3v) is 6.79. The Bertz CT molecular complexity index is 1060. The average Bonchev–Trinajstić information content (AvgIpc) is 3.12. The van der Waals surface area contributed by atoms with E-state index in [-0.39, 0.29) is 10.7 Å². The molecule has 0 saturated carbocycles. The second-order valence-electron chi connectivity index (χ2n) is 6.75. The van der Waals surface area contributed by atoms with Crippen LogP contribution in [0, 0.1) is 5.82 Å². The zero-order valence-electron chi connectivity index (χ0n) is 15.5. The lowest BCUT2D eigenvalue weighted by molar-refractivity contribution is 0.385. The summed E-state index contributed by atoms with van der Waals surface area (Å²) in [5.74, 6) is -0.282. The number of aromatic nitrogens is 2. The minimum Gasteiger partial charge on any atom is -0.369 e. The van der Waals surface area contributed by atoms with Crippen molar-refractivity contribution in [1.82, 2.24) is 14.1 Å². The van der Waals surface area contributed by atoms with Gasteiger partial charge in [-0.3, -0.25) is 4.68 Å². The summed E-state index contributed by atoms with van der Waals surface area (Å²) in [5.41, 5.74) is 2.13. The Morgan fingerprint density at radius 1 is 0.929 bits per heavy atom. The average molecular weight is 400 g/mol. The van der Waals surface area contributed by atoms with Crippen molar-refractivity contribution < 1.29 is 12.8 Å². The summed E-state index contributed by atoms with van der Waals surface area (Å²) in [5, 5.41) is 4.38. The van der Waals surface area contributed by atoms with Crippen LogP contribution in [0.3, 0.4) is 0 Å². The second kappa shape index (κ2) is 7.37. The molecule has 0 amide bonds. The maximum Gasteiger partial charge on any atom is 0.246 e. The van der Waals surface area contributed by atoms with E-state index >= 15 is 0 Å². The van der Waals surface area contributed by atoms with Crippen molar-refractivity contribution in [1.29, 1.82) is 0 Å². The number of benzene rings is 2. The van der Waals surface area contributed by atoms with Gasteiger partial charge in [0, 0.05) is 50.7 Å². The molecule has 6 nitrogen and oxygen atoms in total. The molecule has 3 aromatic rings. The van der Waals surface area contributed by atoms with E-state index in [0.717, 1.165) is 11.3 Å². The highest BCUT2D eigenvalue weighted by atomic mass is 32.2. The molecule has 1 aliphatic heterocycles. The SMILES string of the molecule is Cn1cc(S(=O)(=O)N2CCN(c3ccc(F)cc3)CC2)c(-c2ccccc2)n1. The third-order valence-electron chi connectivity index (χ3n) is 4.89. The normalized spacial score (nSPS) is 15.7. The summed E-state index contributed by atoms with van der Waals surface area (Å²) in [6.07, 6.45) is 1.56. The van der Waals surface area contributed by atoms with Gasteiger partial charge in [0.2, 0.25) is 10.0 Å². The van der Waals surface area contributed by atoms with Crippen molar-refractivity contribution in [2.75, 3.05) is 31.1 Å². The lowest BCUT2D eigenvalue weighted by atomic mass is 10.2. The molecule has 0 atom stereocenters. The van der Waals surface area contributed by atoms with Gasteiger partial charge >= 0.3 is 0 Å². The van der Waals surface area contributed by atoms with Crippen molar-refractivity contribution in [2.45, 2.75) is 4.90 Å². The van der Waals surface area contributed by atoms with Crippen LogP contribution in [0.4, 0.5) is 10.1 Å². The number of anilines is 1. The molecule has 0 aliphatic carbocycles. The lowest BCUT2D eigenvalue weighted by Crippen LogP contribution is -2.48. The first-order chi connectivity index (χ1) is 13.4. The Hall–Kier alpha value is -2.71. The van der Waals surface area contributed by atoms with Crippen LogP contribution in [0.15, 0.2) is 65.7 Å². The van der Waals surface area contributed by atoms with E-state index in [2.05, 4.69) is 10.00 Å². The number of hydrogen-bond acceptors (Lipinski definition) is 4. The van der Waals surface area contributed by atoms with E-state index in [9.17, 15) is 12.8 Å². The minimum atomic E-state index is -3.67. The summed E-state index contributed by atoms with van der Waals surface area (Å²) < 4.78 is 42.7. The van der Waals surface area contributed by atoms with Gasteiger partial charge in [-0.1, -0.05) is 30.3 Å². The van der Waals surface area contributed by atoms with Crippen LogP contribution in [0.1, 0.15) is 0 Å². The van der Waals surface area contributed by atoms with Crippen LogP contribution in [-0.4, -0.2) is 48.7 Å². The van der Waals surface area contributed by atoms with E-state index < -0.39 is 10.0 Å². The van der Waals surface area contributed by atoms with Crippen LogP contribution in [0.5, 0.6) is 0 Å². The van der Waals surface area contributed by atoms with E-state index in [1.54, 1.807) is 25.4 Å². The van der Waals surface area contributed by atoms with Gasteiger partial charge in [0.05, 0.1) is 0 Å². The predicted molar refractivity (Wildman–Crippen MR) is 106 cm³/mol. The molecule has 1 saturated heterocycles. The number of piperazine rings is 1. The molecule has 1 aromatic heterocycles. The van der Waals surface area contributed by atoms with Crippen LogP contribution >= 0.6 is 0 Å². The van der Waals surface area contributed by atoms with Gasteiger partial charge in [-0.15, -0.1) is 0 Å². The van der Waals surface area contributed by atoms with Gasteiger partial charge in [-0.2, -0.15) is 9.40 Å².